The molecule has 6 nitrogen and oxygen atoms in total. The van der Waals surface area contributed by atoms with Crippen LogP contribution in [0.25, 0.3) is 11.8 Å². The molecule has 2 aromatic rings. The average molecular weight is 360 g/mol. The fourth-order valence-corrected chi connectivity index (χ4v) is 2.96. The van der Waals surface area contributed by atoms with E-state index in [-0.39, 0.29) is 0 Å². The monoisotopic (exact) mass is 360 g/mol. The molecular formula is C21H24N6. The highest BCUT2D eigenvalue weighted by Crippen LogP contribution is 2.27. The third-order valence-corrected chi connectivity index (χ3v) is 4.32. The van der Waals surface area contributed by atoms with Crippen LogP contribution in [0.1, 0.15) is 18.1 Å². The van der Waals surface area contributed by atoms with Crippen molar-refractivity contribution in [3.8, 4) is 0 Å². The van der Waals surface area contributed by atoms with Crippen molar-refractivity contribution in [3.05, 3.63) is 79.1 Å². The Morgan fingerprint density at radius 2 is 2.11 bits per heavy atom. The zero-order valence-corrected chi connectivity index (χ0v) is 15.9. The highest BCUT2D eigenvalue weighted by Gasteiger charge is 2.20. The van der Waals surface area contributed by atoms with Crippen LogP contribution in [0, 0.1) is 0 Å². The van der Waals surface area contributed by atoms with E-state index in [2.05, 4.69) is 33.9 Å². The van der Waals surface area contributed by atoms with Crippen LogP contribution in [0.2, 0.25) is 0 Å². The maximum Gasteiger partial charge on any atom is 0.154 e. The number of aromatic nitrogens is 2. The molecule has 0 spiro atoms. The molecule has 0 saturated carbocycles. The zero-order valence-electron chi connectivity index (χ0n) is 15.9. The lowest BCUT2D eigenvalue weighted by molar-refractivity contribution is 0.683. The number of hydrogen-bond acceptors (Lipinski definition) is 5. The van der Waals surface area contributed by atoms with E-state index >= 15 is 0 Å². The van der Waals surface area contributed by atoms with Gasteiger partial charge in [0.1, 0.15) is 0 Å². The smallest absolute Gasteiger partial charge is 0.154 e. The highest BCUT2D eigenvalue weighted by atomic mass is 15.3. The second-order valence-electron chi connectivity index (χ2n) is 6.05. The van der Waals surface area contributed by atoms with Crippen molar-refractivity contribution < 1.29 is 0 Å². The van der Waals surface area contributed by atoms with Crippen LogP contribution in [0.4, 0.5) is 11.4 Å². The number of aliphatic imine (C=N–C) groups is 1. The Labute approximate surface area is 159 Å². The molecule has 6 heteroatoms. The van der Waals surface area contributed by atoms with E-state index in [0.717, 1.165) is 33.9 Å². The van der Waals surface area contributed by atoms with Gasteiger partial charge in [0.25, 0.3) is 0 Å². The number of rotatable bonds is 5. The van der Waals surface area contributed by atoms with Crippen molar-refractivity contribution in [2.45, 2.75) is 6.92 Å². The summed E-state index contributed by atoms with van der Waals surface area (Å²) in [6.07, 6.45) is 11.3. The molecule has 0 unspecified atom stereocenters. The van der Waals surface area contributed by atoms with Crippen LogP contribution in [-0.4, -0.2) is 27.6 Å². The van der Waals surface area contributed by atoms with Gasteiger partial charge in [0, 0.05) is 49.6 Å². The number of amidine groups is 1. The molecular weight excluding hydrogens is 336 g/mol. The van der Waals surface area contributed by atoms with Gasteiger partial charge in [0.2, 0.25) is 0 Å². The predicted molar refractivity (Wildman–Crippen MR) is 114 cm³/mol. The molecule has 27 heavy (non-hydrogen) atoms. The molecule has 1 aliphatic heterocycles. The first-order valence-corrected chi connectivity index (χ1v) is 8.67. The number of aryl methyl sites for hydroxylation is 1. The topological polar surface area (TPSA) is 57.5 Å². The first-order chi connectivity index (χ1) is 13.1. The first-order valence-electron chi connectivity index (χ1n) is 8.67. The zero-order chi connectivity index (χ0) is 19.4. The van der Waals surface area contributed by atoms with Crippen LogP contribution >= 0.6 is 0 Å². The van der Waals surface area contributed by atoms with E-state index in [1.165, 1.54) is 0 Å². The maximum absolute atomic E-state index is 4.46. The molecule has 0 aliphatic carbocycles. The molecule has 2 heterocycles. The minimum Gasteiger partial charge on any atom is -0.388 e. The Morgan fingerprint density at radius 3 is 2.74 bits per heavy atom. The molecule has 0 fully saturated rings. The van der Waals surface area contributed by atoms with Gasteiger partial charge < -0.3 is 15.5 Å². The van der Waals surface area contributed by atoms with Crippen molar-refractivity contribution in [1.82, 2.24) is 14.7 Å². The Balaban J connectivity index is 1.84. The molecule has 1 aromatic carbocycles. The Kier molecular flexibility index (Phi) is 5.26. The Morgan fingerprint density at radius 1 is 1.30 bits per heavy atom. The molecule has 2 N–H and O–H groups in total. The summed E-state index contributed by atoms with van der Waals surface area (Å²) in [5.41, 5.74) is 5.72. The van der Waals surface area contributed by atoms with Crippen LogP contribution < -0.4 is 10.6 Å². The fourth-order valence-electron chi connectivity index (χ4n) is 2.96. The number of nitrogens with zero attached hydrogens (tertiary/aromatic N) is 4. The van der Waals surface area contributed by atoms with E-state index < -0.39 is 0 Å². The molecule has 0 bridgehead atoms. The predicted octanol–water partition coefficient (Wildman–Crippen LogP) is 4.28. The second-order valence-corrected chi connectivity index (χ2v) is 6.05. The standard InChI is InChI=1S/C21H24N6/c1-6-16-12-18(8-9-19(16)22-4)25-21-15(3)27(11-10-23-21)20(7-2)17-13-24-26(5)14-17/h6-14,22H,1,3H2,2,4-5H3,(H,23,25)/b20-7-. The maximum atomic E-state index is 4.46. The van der Waals surface area contributed by atoms with E-state index in [4.69, 9.17) is 0 Å². The number of benzene rings is 1. The SMILES string of the molecule is C=Cc1cc(NC2=NC=CN(/C(=C\C)c3cnn(C)c3)C2=C)ccc1NC. The van der Waals surface area contributed by atoms with Crippen molar-refractivity contribution in [1.29, 1.82) is 0 Å². The van der Waals surface area contributed by atoms with Gasteiger partial charge in [-0.2, -0.15) is 5.10 Å². The minimum atomic E-state index is 0.688. The lowest BCUT2D eigenvalue weighted by Gasteiger charge is -2.28. The van der Waals surface area contributed by atoms with Gasteiger partial charge in [-0.15, -0.1) is 0 Å². The van der Waals surface area contributed by atoms with E-state index in [1.54, 1.807) is 10.9 Å². The van der Waals surface area contributed by atoms with Gasteiger partial charge >= 0.3 is 0 Å². The lowest BCUT2D eigenvalue weighted by Crippen LogP contribution is -2.28. The third-order valence-electron chi connectivity index (χ3n) is 4.32. The molecule has 0 amide bonds. The molecule has 1 aromatic heterocycles. The largest absolute Gasteiger partial charge is 0.388 e. The van der Waals surface area contributed by atoms with Gasteiger partial charge in [-0.25, -0.2) is 4.99 Å². The van der Waals surface area contributed by atoms with Crippen molar-refractivity contribution in [2.75, 3.05) is 17.7 Å². The third kappa shape index (κ3) is 3.69. The van der Waals surface area contributed by atoms with Gasteiger partial charge in [-0.05, 0) is 30.7 Å². The summed E-state index contributed by atoms with van der Waals surface area (Å²) in [6.45, 7) is 10.1. The highest BCUT2D eigenvalue weighted by molar-refractivity contribution is 6.09. The number of nitrogens with one attached hydrogen (secondary N) is 2. The lowest BCUT2D eigenvalue weighted by atomic mass is 10.1. The molecule has 138 valence electrons. The first kappa shape index (κ1) is 18.3. The summed E-state index contributed by atoms with van der Waals surface area (Å²) in [6, 6.07) is 6.02. The Bertz CT molecular complexity index is 961. The molecule has 0 saturated heterocycles. The Hall–Kier alpha value is -3.54. The summed E-state index contributed by atoms with van der Waals surface area (Å²) in [5.74, 6) is 0.688. The van der Waals surface area contributed by atoms with Crippen molar-refractivity contribution in [3.63, 3.8) is 0 Å². The normalized spacial score (nSPS) is 14.2. The van der Waals surface area contributed by atoms with Gasteiger partial charge in [-0.3, -0.25) is 4.68 Å². The summed E-state index contributed by atoms with van der Waals surface area (Å²) in [5, 5.41) is 10.8. The minimum absolute atomic E-state index is 0.688. The van der Waals surface area contributed by atoms with Gasteiger partial charge in [0.05, 0.1) is 17.6 Å². The molecule has 0 atom stereocenters. The van der Waals surface area contributed by atoms with Gasteiger partial charge in [-0.1, -0.05) is 25.3 Å². The second kappa shape index (κ2) is 7.78. The van der Waals surface area contributed by atoms with Crippen LogP contribution in [0.3, 0.4) is 0 Å². The van der Waals surface area contributed by atoms with Crippen LogP contribution in [0.15, 0.2) is 72.9 Å². The summed E-state index contributed by atoms with van der Waals surface area (Å²) < 4.78 is 1.78. The average Bonchev–Trinajstić information content (AvgIpc) is 3.11. The molecule has 3 rings (SSSR count). The quantitative estimate of drug-likeness (QED) is 0.836. The molecule has 1 aliphatic rings. The van der Waals surface area contributed by atoms with Crippen LogP contribution in [-0.2, 0) is 7.05 Å². The summed E-state index contributed by atoms with van der Waals surface area (Å²) >= 11 is 0. The van der Waals surface area contributed by atoms with Crippen LogP contribution in [0.5, 0.6) is 0 Å². The van der Waals surface area contributed by atoms with E-state index in [0.29, 0.717) is 5.84 Å². The van der Waals surface area contributed by atoms with E-state index in [1.807, 2.05) is 74.9 Å². The van der Waals surface area contributed by atoms with Crippen molar-refractivity contribution >= 4 is 29.0 Å². The fraction of sp³-hybridized carbons (Fsp3) is 0.143. The van der Waals surface area contributed by atoms with Crippen molar-refractivity contribution in [2.24, 2.45) is 12.0 Å². The van der Waals surface area contributed by atoms with Gasteiger partial charge in [0.15, 0.2) is 5.84 Å². The van der Waals surface area contributed by atoms with E-state index in [9.17, 15) is 0 Å². The summed E-state index contributed by atoms with van der Waals surface area (Å²) in [4.78, 5) is 6.47. The molecule has 0 radical (unpaired) electrons. The number of hydrogen-bond donors (Lipinski definition) is 2. The number of allylic oxidation sites excluding steroid dienone is 1. The number of anilines is 2. The summed E-state index contributed by atoms with van der Waals surface area (Å²) in [7, 11) is 3.79.